The molecule has 0 saturated carbocycles. The first-order chi connectivity index (χ1) is 17.0. The topological polar surface area (TPSA) is 122 Å². The lowest BCUT2D eigenvalue weighted by molar-refractivity contribution is -0.128. The van der Waals surface area contributed by atoms with Crippen LogP contribution in [0.4, 0.5) is 5.69 Å². The Morgan fingerprint density at radius 3 is 2.14 bits per heavy atom. The van der Waals surface area contributed by atoms with Crippen molar-refractivity contribution < 1.29 is 31.1 Å². The van der Waals surface area contributed by atoms with Gasteiger partial charge in [0.05, 0.1) is 23.4 Å². The van der Waals surface area contributed by atoms with Gasteiger partial charge in [0, 0.05) is 20.1 Å². The molecule has 12 heteroatoms. The van der Waals surface area contributed by atoms with Crippen molar-refractivity contribution in [2.24, 2.45) is 0 Å². The van der Waals surface area contributed by atoms with Crippen molar-refractivity contribution in [1.82, 2.24) is 9.62 Å². The van der Waals surface area contributed by atoms with Crippen LogP contribution in [0.15, 0.2) is 53.4 Å². The van der Waals surface area contributed by atoms with Gasteiger partial charge in [0.1, 0.15) is 18.1 Å². The van der Waals surface area contributed by atoms with Crippen molar-refractivity contribution in [2.75, 3.05) is 43.8 Å². The molecule has 1 heterocycles. The van der Waals surface area contributed by atoms with Crippen LogP contribution in [-0.4, -0.2) is 72.7 Å². The van der Waals surface area contributed by atoms with E-state index in [2.05, 4.69) is 5.32 Å². The highest BCUT2D eigenvalue weighted by Gasteiger charge is 2.27. The quantitative estimate of drug-likeness (QED) is 0.411. The number of rotatable bonds is 12. The van der Waals surface area contributed by atoms with E-state index in [1.807, 2.05) is 6.92 Å². The highest BCUT2D eigenvalue weighted by Crippen LogP contribution is 2.23. The van der Waals surface area contributed by atoms with Crippen molar-refractivity contribution in [1.29, 1.82) is 0 Å². The zero-order valence-electron chi connectivity index (χ0n) is 20.7. The van der Waals surface area contributed by atoms with Gasteiger partial charge in [-0.15, -0.1) is 0 Å². The van der Waals surface area contributed by atoms with E-state index in [-0.39, 0.29) is 24.0 Å². The molecule has 36 heavy (non-hydrogen) atoms. The number of carbonyl (C=O) groups is 1. The Balaban J connectivity index is 1.45. The summed E-state index contributed by atoms with van der Waals surface area (Å²) < 4.78 is 62.5. The van der Waals surface area contributed by atoms with Gasteiger partial charge in [0.2, 0.25) is 20.0 Å². The molecule has 1 atom stereocenters. The molecule has 0 unspecified atom stereocenters. The number of anilines is 1. The number of nitrogens with one attached hydrogen (secondary N) is 1. The summed E-state index contributed by atoms with van der Waals surface area (Å²) in [6.45, 7) is 3.37. The van der Waals surface area contributed by atoms with Crippen LogP contribution in [0.25, 0.3) is 0 Å². The number of hydrogen-bond donors (Lipinski definition) is 1. The van der Waals surface area contributed by atoms with Crippen LogP contribution in [-0.2, 0) is 24.8 Å². The third-order valence-corrected chi connectivity index (χ3v) is 8.95. The van der Waals surface area contributed by atoms with Crippen LogP contribution in [0.2, 0.25) is 0 Å². The molecular formula is C24H33N3O7S2. The van der Waals surface area contributed by atoms with E-state index in [0.717, 1.165) is 23.4 Å². The maximum atomic E-state index is 12.6. The smallest absolute Gasteiger partial charge is 0.261 e. The molecule has 1 N–H and O–H groups in total. The predicted molar refractivity (Wildman–Crippen MR) is 137 cm³/mol. The zero-order chi connectivity index (χ0) is 26.3. The van der Waals surface area contributed by atoms with Crippen LogP contribution in [0.5, 0.6) is 11.5 Å². The van der Waals surface area contributed by atoms with Crippen LogP contribution in [0.1, 0.15) is 26.2 Å². The monoisotopic (exact) mass is 539 g/mol. The summed E-state index contributed by atoms with van der Waals surface area (Å²) >= 11 is 0. The lowest BCUT2D eigenvalue weighted by Gasteiger charge is -2.19. The number of hydrogen-bond acceptors (Lipinski definition) is 7. The van der Waals surface area contributed by atoms with Gasteiger partial charge in [-0.3, -0.25) is 9.10 Å². The number of ether oxygens (including phenoxy) is 2. The molecule has 1 saturated heterocycles. The first-order valence-corrected chi connectivity index (χ1v) is 15.0. The Morgan fingerprint density at radius 1 is 1.00 bits per heavy atom. The minimum Gasteiger partial charge on any atom is -0.492 e. The average Bonchev–Trinajstić information content (AvgIpc) is 3.41. The van der Waals surface area contributed by atoms with E-state index >= 15 is 0 Å². The third-order valence-electron chi connectivity index (χ3n) is 5.84. The Kier molecular flexibility index (Phi) is 9.20. The van der Waals surface area contributed by atoms with Crippen molar-refractivity contribution in [3.05, 3.63) is 48.5 Å². The Hall–Kier alpha value is -2.83. The number of amides is 1. The van der Waals surface area contributed by atoms with Gasteiger partial charge < -0.3 is 14.8 Å². The fourth-order valence-electron chi connectivity index (χ4n) is 3.65. The summed E-state index contributed by atoms with van der Waals surface area (Å²) in [6.07, 6.45) is 2.59. The van der Waals surface area contributed by atoms with Crippen LogP contribution < -0.4 is 19.1 Å². The van der Waals surface area contributed by atoms with Gasteiger partial charge in [-0.05, 0) is 67.8 Å². The summed E-state index contributed by atoms with van der Waals surface area (Å²) in [5.41, 5.74) is 0.487. The minimum atomic E-state index is -3.47. The first kappa shape index (κ1) is 27.8. The number of carbonyl (C=O) groups excluding carboxylic acids is 1. The van der Waals surface area contributed by atoms with Gasteiger partial charge in [-0.25, -0.2) is 16.8 Å². The van der Waals surface area contributed by atoms with E-state index < -0.39 is 26.2 Å². The number of benzene rings is 2. The highest BCUT2D eigenvalue weighted by atomic mass is 32.2. The van der Waals surface area contributed by atoms with E-state index in [1.54, 1.807) is 36.4 Å². The second kappa shape index (κ2) is 11.9. The molecule has 0 spiro atoms. The third kappa shape index (κ3) is 7.11. The highest BCUT2D eigenvalue weighted by molar-refractivity contribution is 7.92. The summed E-state index contributed by atoms with van der Waals surface area (Å²) in [4.78, 5) is 12.8. The molecule has 0 aromatic heterocycles. The van der Waals surface area contributed by atoms with Crippen molar-refractivity contribution in [3.8, 4) is 11.5 Å². The van der Waals surface area contributed by atoms with Gasteiger partial charge in [0.15, 0.2) is 6.10 Å². The molecule has 10 nitrogen and oxygen atoms in total. The van der Waals surface area contributed by atoms with Gasteiger partial charge >= 0.3 is 0 Å². The molecule has 1 fully saturated rings. The van der Waals surface area contributed by atoms with Crippen molar-refractivity contribution in [3.63, 3.8) is 0 Å². The maximum absolute atomic E-state index is 12.6. The fourth-order valence-corrected chi connectivity index (χ4v) is 5.68. The van der Waals surface area contributed by atoms with Gasteiger partial charge in [0.25, 0.3) is 5.91 Å². The summed E-state index contributed by atoms with van der Waals surface area (Å²) in [5.74, 6) is 0.653. The molecule has 1 amide bonds. The zero-order valence-corrected chi connectivity index (χ0v) is 22.3. The average molecular weight is 540 g/mol. The molecule has 2 aromatic carbocycles. The lowest BCUT2D eigenvalue weighted by Crippen LogP contribution is -2.39. The first-order valence-electron chi connectivity index (χ1n) is 11.7. The largest absolute Gasteiger partial charge is 0.492 e. The molecule has 1 aliphatic heterocycles. The SMILES string of the molecule is CC[C@H](Oc1ccc(N(C)S(C)(=O)=O)cc1)C(=O)NCCOc1ccc(S(=O)(=O)N2CCCC2)cc1. The number of nitrogens with zero attached hydrogens (tertiary/aromatic N) is 2. The predicted octanol–water partition coefficient (Wildman–Crippen LogP) is 2.22. The standard InChI is InChI=1S/C24H33N3O7S2/c1-4-23(34-21-9-7-19(8-10-21)26(2)35(3,29)30)24(28)25-15-18-33-20-11-13-22(14-12-20)36(31,32)27-16-5-6-17-27/h7-14,23H,4-6,15-18H2,1-3H3,(H,25,28)/t23-/m0/s1. The van der Waals surface area contributed by atoms with Gasteiger partial charge in [-0.1, -0.05) is 6.92 Å². The normalized spacial score (nSPS) is 15.3. The van der Waals surface area contributed by atoms with Crippen molar-refractivity contribution in [2.45, 2.75) is 37.2 Å². The molecular weight excluding hydrogens is 506 g/mol. The Bertz CT molecular complexity index is 1230. The van der Waals surface area contributed by atoms with Crippen LogP contribution in [0, 0.1) is 0 Å². The second-order valence-electron chi connectivity index (χ2n) is 8.46. The van der Waals surface area contributed by atoms with Crippen LogP contribution >= 0.6 is 0 Å². The van der Waals surface area contributed by atoms with E-state index in [0.29, 0.717) is 36.7 Å². The Morgan fingerprint density at radius 2 is 1.58 bits per heavy atom. The lowest BCUT2D eigenvalue weighted by atomic mass is 10.2. The maximum Gasteiger partial charge on any atom is 0.261 e. The molecule has 2 aromatic rings. The molecule has 1 aliphatic rings. The molecule has 0 aliphatic carbocycles. The van der Waals surface area contributed by atoms with Crippen molar-refractivity contribution >= 4 is 31.6 Å². The second-order valence-corrected chi connectivity index (χ2v) is 12.4. The van der Waals surface area contributed by atoms with E-state index in [9.17, 15) is 21.6 Å². The van der Waals surface area contributed by atoms with Gasteiger partial charge in [-0.2, -0.15) is 4.31 Å². The molecule has 198 valence electrons. The molecule has 3 rings (SSSR count). The minimum absolute atomic E-state index is 0.201. The summed E-state index contributed by atoms with van der Waals surface area (Å²) in [6, 6.07) is 12.7. The summed E-state index contributed by atoms with van der Waals surface area (Å²) in [5, 5.41) is 2.77. The fraction of sp³-hybridized carbons (Fsp3) is 0.458. The number of sulfonamides is 2. The van der Waals surface area contributed by atoms with E-state index in [1.165, 1.54) is 23.5 Å². The molecule has 0 bridgehead atoms. The Labute approximate surface area is 213 Å². The van der Waals surface area contributed by atoms with Crippen LogP contribution in [0.3, 0.4) is 0 Å². The molecule has 0 radical (unpaired) electrons. The van der Waals surface area contributed by atoms with E-state index in [4.69, 9.17) is 9.47 Å². The summed E-state index contributed by atoms with van der Waals surface area (Å²) in [7, 11) is -5.37.